The Bertz CT molecular complexity index is 756. The van der Waals surface area contributed by atoms with Crippen LogP contribution in [-0.2, 0) is 4.79 Å². The van der Waals surface area contributed by atoms with Crippen LogP contribution in [0.1, 0.15) is 5.56 Å². The molecular formula is C20H24BrN3O2. The summed E-state index contributed by atoms with van der Waals surface area (Å²) in [5.74, 6) is 0.894. The number of hydrogen-bond donors (Lipinski definition) is 1. The van der Waals surface area contributed by atoms with Crippen LogP contribution in [0.4, 0.5) is 11.4 Å². The first-order valence-corrected chi connectivity index (χ1v) is 9.52. The average molecular weight is 418 g/mol. The van der Waals surface area contributed by atoms with Crippen molar-refractivity contribution < 1.29 is 9.53 Å². The third kappa shape index (κ3) is 4.77. The first-order valence-electron chi connectivity index (χ1n) is 8.72. The van der Waals surface area contributed by atoms with E-state index >= 15 is 0 Å². The molecule has 2 aromatic carbocycles. The van der Waals surface area contributed by atoms with Crippen molar-refractivity contribution in [1.82, 2.24) is 4.90 Å². The van der Waals surface area contributed by atoms with Crippen molar-refractivity contribution in [3.8, 4) is 5.75 Å². The molecule has 1 aliphatic rings. The highest BCUT2D eigenvalue weighted by Gasteiger charge is 2.19. The Labute approximate surface area is 163 Å². The van der Waals surface area contributed by atoms with Gasteiger partial charge in [-0.25, -0.2) is 0 Å². The molecule has 0 bridgehead atoms. The molecule has 2 aromatic rings. The summed E-state index contributed by atoms with van der Waals surface area (Å²) < 4.78 is 6.21. The predicted molar refractivity (Wildman–Crippen MR) is 109 cm³/mol. The highest BCUT2D eigenvalue weighted by Crippen LogP contribution is 2.22. The third-order valence-corrected chi connectivity index (χ3v) is 5.49. The van der Waals surface area contributed by atoms with Crippen LogP contribution in [0, 0.1) is 6.92 Å². The number of methoxy groups -OCH3 is 1. The van der Waals surface area contributed by atoms with Gasteiger partial charge >= 0.3 is 0 Å². The molecule has 5 nitrogen and oxygen atoms in total. The van der Waals surface area contributed by atoms with Gasteiger partial charge in [-0.3, -0.25) is 9.69 Å². The van der Waals surface area contributed by atoms with E-state index in [1.54, 1.807) is 7.11 Å². The summed E-state index contributed by atoms with van der Waals surface area (Å²) in [6.07, 6.45) is 0. The molecule has 0 saturated carbocycles. The lowest BCUT2D eigenvalue weighted by Crippen LogP contribution is -2.48. The van der Waals surface area contributed by atoms with Crippen molar-refractivity contribution in [3.63, 3.8) is 0 Å². The van der Waals surface area contributed by atoms with E-state index in [1.807, 2.05) is 37.3 Å². The van der Waals surface area contributed by atoms with Crippen LogP contribution in [-0.4, -0.2) is 50.6 Å². The smallest absolute Gasteiger partial charge is 0.238 e. The fourth-order valence-electron chi connectivity index (χ4n) is 3.03. The molecule has 1 amide bonds. The molecule has 0 atom stereocenters. The van der Waals surface area contributed by atoms with Crippen LogP contribution in [0.15, 0.2) is 46.9 Å². The van der Waals surface area contributed by atoms with E-state index in [2.05, 4.69) is 43.2 Å². The minimum atomic E-state index is 0.0265. The summed E-state index contributed by atoms with van der Waals surface area (Å²) in [5.41, 5.74) is 3.17. The Hall–Kier alpha value is -2.05. The van der Waals surface area contributed by atoms with Gasteiger partial charge in [0, 0.05) is 42.0 Å². The Morgan fingerprint density at radius 3 is 2.42 bits per heavy atom. The maximum absolute atomic E-state index is 12.3. The quantitative estimate of drug-likeness (QED) is 0.807. The number of amides is 1. The standard InChI is InChI=1S/C20H24BrN3O2/c1-15-3-4-16(13-19(15)21)22-20(25)14-23-9-11-24(12-10-23)17-5-7-18(26-2)8-6-17/h3-8,13H,9-12,14H2,1-2H3,(H,22,25). The summed E-state index contributed by atoms with van der Waals surface area (Å²) in [4.78, 5) is 16.8. The monoisotopic (exact) mass is 417 g/mol. The predicted octanol–water partition coefficient (Wildman–Crippen LogP) is 3.53. The minimum absolute atomic E-state index is 0.0265. The molecule has 138 valence electrons. The molecule has 0 aliphatic carbocycles. The van der Waals surface area contributed by atoms with Crippen LogP contribution >= 0.6 is 15.9 Å². The zero-order valence-corrected chi connectivity index (χ0v) is 16.8. The van der Waals surface area contributed by atoms with E-state index in [4.69, 9.17) is 4.74 Å². The number of aryl methyl sites for hydroxylation is 1. The number of halogens is 1. The van der Waals surface area contributed by atoms with E-state index in [0.29, 0.717) is 6.54 Å². The highest BCUT2D eigenvalue weighted by atomic mass is 79.9. The molecule has 0 spiro atoms. The van der Waals surface area contributed by atoms with E-state index in [1.165, 1.54) is 5.69 Å². The molecule has 0 unspecified atom stereocenters. The molecule has 1 saturated heterocycles. The van der Waals surface area contributed by atoms with Crippen LogP contribution in [0.5, 0.6) is 5.75 Å². The first-order chi connectivity index (χ1) is 12.5. The molecular weight excluding hydrogens is 394 g/mol. The number of carbonyl (C=O) groups excluding carboxylic acids is 1. The van der Waals surface area contributed by atoms with Gasteiger partial charge in [0.05, 0.1) is 13.7 Å². The zero-order chi connectivity index (χ0) is 18.5. The van der Waals surface area contributed by atoms with Gasteiger partial charge in [-0.15, -0.1) is 0 Å². The van der Waals surface area contributed by atoms with Gasteiger partial charge in [-0.2, -0.15) is 0 Å². The Balaban J connectivity index is 1.48. The molecule has 0 radical (unpaired) electrons. The summed E-state index contributed by atoms with van der Waals surface area (Å²) in [6, 6.07) is 14.0. The maximum atomic E-state index is 12.3. The van der Waals surface area contributed by atoms with Crippen LogP contribution < -0.4 is 15.0 Å². The topological polar surface area (TPSA) is 44.8 Å². The van der Waals surface area contributed by atoms with Gasteiger partial charge in [0.25, 0.3) is 0 Å². The highest BCUT2D eigenvalue weighted by molar-refractivity contribution is 9.10. The van der Waals surface area contributed by atoms with Crippen LogP contribution in [0.25, 0.3) is 0 Å². The normalized spacial score (nSPS) is 15.0. The summed E-state index contributed by atoms with van der Waals surface area (Å²) in [6.45, 7) is 6.01. The molecule has 1 fully saturated rings. The van der Waals surface area contributed by atoms with Crippen molar-refractivity contribution in [2.45, 2.75) is 6.92 Å². The van der Waals surface area contributed by atoms with Crippen molar-refractivity contribution in [3.05, 3.63) is 52.5 Å². The minimum Gasteiger partial charge on any atom is -0.497 e. The van der Waals surface area contributed by atoms with Gasteiger partial charge in [-0.1, -0.05) is 22.0 Å². The van der Waals surface area contributed by atoms with E-state index in [0.717, 1.165) is 47.7 Å². The number of carbonyl (C=O) groups is 1. The lowest BCUT2D eigenvalue weighted by atomic mass is 10.2. The molecule has 0 aromatic heterocycles. The lowest BCUT2D eigenvalue weighted by molar-refractivity contribution is -0.117. The van der Waals surface area contributed by atoms with Crippen molar-refractivity contribution in [2.24, 2.45) is 0 Å². The van der Waals surface area contributed by atoms with Crippen molar-refractivity contribution in [1.29, 1.82) is 0 Å². The van der Waals surface area contributed by atoms with Gasteiger partial charge in [0.2, 0.25) is 5.91 Å². The summed E-state index contributed by atoms with van der Waals surface area (Å²) in [7, 11) is 1.67. The second-order valence-electron chi connectivity index (χ2n) is 6.47. The first kappa shape index (κ1) is 18.7. The summed E-state index contributed by atoms with van der Waals surface area (Å²) >= 11 is 3.50. The van der Waals surface area contributed by atoms with Gasteiger partial charge in [0.15, 0.2) is 0 Å². The van der Waals surface area contributed by atoms with E-state index in [9.17, 15) is 4.79 Å². The van der Waals surface area contributed by atoms with Crippen molar-refractivity contribution >= 4 is 33.2 Å². The van der Waals surface area contributed by atoms with Crippen molar-refractivity contribution in [2.75, 3.05) is 50.1 Å². The molecule has 1 aliphatic heterocycles. The number of hydrogen-bond acceptors (Lipinski definition) is 4. The SMILES string of the molecule is COc1ccc(N2CCN(CC(=O)Nc3ccc(C)c(Br)c3)CC2)cc1. The third-order valence-electron chi connectivity index (χ3n) is 4.63. The van der Waals surface area contributed by atoms with Gasteiger partial charge in [-0.05, 0) is 48.9 Å². The molecule has 3 rings (SSSR count). The molecule has 1 heterocycles. The van der Waals surface area contributed by atoms with Gasteiger partial charge < -0.3 is 15.0 Å². The van der Waals surface area contributed by atoms with Gasteiger partial charge in [0.1, 0.15) is 5.75 Å². The van der Waals surface area contributed by atoms with E-state index in [-0.39, 0.29) is 5.91 Å². The fraction of sp³-hybridized carbons (Fsp3) is 0.350. The number of anilines is 2. The van der Waals surface area contributed by atoms with Crippen LogP contribution in [0.2, 0.25) is 0 Å². The lowest BCUT2D eigenvalue weighted by Gasteiger charge is -2.35. The summed E-state index contributed by atoms with van der Waals surface area (Å²) in [5, 5.41) is 2.97. The van der Waals surface area contributed by atoms with Crippen LogP contribution in [0.3, 0.4) is 0 Å². The number of benzene rings is 2. The molecule has 6 heteroatoms. The number of nitrogens with zero attached hydrogens (tertiary/aromatic N) is 2. The average Bonchev–Trinajstić information content (AvgIpc) is 2.65. The fourth-order valence-corrected chi connectivity index (χ4v) is 3.41. The molecule has 1 N–H and O–H groups in total. The second-order valence-corrected chi connectivity index (χ2v) is 7.33. The number of nitrogens with one attached hydrogen (secondary N) is 1. The largest absolute Gasteiger partial charge is 0.497 e. The number of rotatable bonds is 5. The zero-order valence-electron chi connectivity index (χ0n) is 15.2. The number of piperazine rings is 1. The Morgan fingerprint density at radius 2 is 1.81 bits per heavy atom. The maximum Gasteiger partial charge on any atom is 0.238 e. The molecule has 26 heavy (non-hydrogen) atoms. The Morgan fingerprint density at radius 1 is 1.12 bits per heavy atom. The van der Waals surface area contributed by atoms with E-state index < -0.39 is 0 Å². The second kappa shape index (κ2) is 8.56. The Kier molecular flexibility index (Phi) is 6.16. The number of ether oxygens (including phenoxy) is 1.